The highest BCUT2D eigenvalue weighted by molar-refractivity contribution is 7.92. The average Bonchev–Trinajstić information content (AvgIpc) is 2.95. The van der Waals surface area contributed by atoms with E-state index in [-0.39, 0.29) is 22.5 Å². The van der Waals surface area contributed by atoms with Crippen LogP contribution in [0.25, 0.3) is 0 Å². The fourth-order valence-corrected chi connectivity index (χ4v) is 5.88. The first-order chi connectivity index (χ1) is 19.7. The Hall–Kier alpha value is -3.28. The van der Waals surface area contributed by atoms with Crippen molar-refractivity contribution >= 4 is 50.7 Å². The van der Waals surface area contributed by atoms with Gasteiger partial charge in [-0.05, 0) is 62.2 Å². The van der Waals surface area contributed by atoms with E-state index in [2.05, 4.69) is 5.32 Å². The fourth-order valence-electron chi connectivity index (χ4n) is 3.97. The first-order valence-corrected chi connectivity index (χ1v) is 15.1. The topological polar surface area (TPSA) is 86.8 Å². The molecule has 2 atom stereocenters. The number of sulfonamides is 1. The van der Waals surface area contributed by atoms with E-state index in [0.717, 1.165) is 11.0 Å². The second-order valence-electron chi connectivity index (χ2n) is 9.60. The molecule has 226 valence electrons. The van der Waals surface area contributed by atoms with Gasteiger partial charge in [0.05, 0.1) is 21.2 Å². The van der Waals surface area contributed by atoms with Crippen molar-refractivity contribution in [3.63, 3.8) is 0 Å². The standard InChI is InChI=1S/C29H30Cl2F3N3O4S/c1-4-19(2)35-28(39)20(3)36(17-21-10-8-9-13-24(21)30)27(38)18-37(42(40,41)23-11-6-5-7-12-23)26-16-22(29(32,33)34)14-15-25(26)31/h5-16,19-20H,4,17-18H2,1-3H3,(H,35,39)/t19-,20+/m0/s1. The second kappa shape index (κ2) is 13.8. The summed E-state index contributed by atoms with van der Waals surface area (Å²) in [6, 6.07) is 14.4. The van der Waals surface area contributed by atoms with Gasteiger partial charge < -0.3 is 10.2 Å². The Morgan fingerprint density at radius 3 is 2.14 bits per heavy atom. The van der Waals surface area contributed by atoms with Crippen molar-refractivity contribution in [1.82, 2.24) is 10.2 Å². The number of anilines is 1. The average molecular weight is 645 g/mol. The minimum atomic E-state index is -4.82. The molecule has 0 bridgehead atoms. The van der Waals surface area contributed by atoms with E-state index in [4.69, 9.17) is 23.2 Å². The molecular weight excluding hydrogens is 614 g/mol. The van der Waals surface area contributed by atoms with E-state index in [1.807, 2.05) is 6.92 Å². The van der Waals surface area contributed by atoms with Crippen molar-refractivity contribution in [3.05, 3.63) is 94.0 Å². The van der Waals surface area contributed by atoms with Crippen molar-refractivity contribution in [2.24, 2.45) is 0 Å². The molecule has 0 radical (unpaired) electrons. The summed E-state index contributed by atoms with van der Waals surface area (Å²) in [6.45, 7) is 3.99. The fraction of sp³-hybridized carbons (Fsp3) is 0.310. The first-order valence-electron chi connectivity index (χ1n) is 12.9. The largest absolute Gasteiger partial charge is 0.416 e. The summed E-state index contributed by atoms with van der Waals surface area (Å²) in [7, 11) is -4.61. The maximum absolute atomic E-state index is 13.9. The molecule has 0 saturated carbocycles. The molecule has 1 N–H and O–H groups in total. The van der Waals surface area contributed by atoms with Crippen molar-refractivity contribution in [2.75, 3.05) is 10.8 Å². The molecule has 0 aliphatic carbocycles. The van der Waals surface area contributed by atoms with E-state index < -0.39 is 51.9 Å². The molecule has 0 fully saturated rings. The van der Waals surface area contributed by atoms with E-state index >= 15 is 0 Å². The minimum Gasteiger partial charge on any atom is -0.352 e. The van der Waals surface area contributed by atoms with Crippen LogP contribution in [0.15, 0.2) is 77.7 Å². The molecule has 0 aliphatic heterocycles. The zero-order valence-corrected chi connectivity index (χ0v) is 25.4. The van der Waals surface area contributed by atoms with E-state index in [1.54, 1.807) is 37.3 Å². The lowest BCUT2D eigenvalue weighted by atomic mass is 10.1. The highest BCUT2D eigenvalue weighted by Crippen LogP contribution is 2.37. The highest BCUT2D eigenvalue weighted by Gasteiger charge is 2.36. The van der Waals surface area contributed by atoms with Gasteiger partial charge in [-0.3, -0.25) is 13.9 Å². The van der Waals surface area contributed by atoms with Gasteiger partial charge in [0.15, 0.2) is 0 Å². The van der Waals surface area contributed by atoms with Gasteiger partial charge in [-0.2, -0.15) is 13.2 Å². The Bertz CT molecular complexity index is 1520. The van der Waals surface area contributed by atoms with Crippen LogP contribution in [-0.2, 0) is 32.3 Å². The number of halogens is 5. The summed E-state index contributed by atoms with van der Waals surface area (Å²) in [5.74, 6) is -1.37. The molecule has 13 heteroatoms. The molecule has 0 heterocycles. The quantitative estimate of drug-likeness (QED) is 0.257. The summed E-state index contributed by atoms with van der Waals surface area (Å²) < 4.78 is 69.1. The molecule has 3 aromatic carbocycles. The third-order valence-corrected chi connectivity index (χ3v) is 9.08. The molecule has 7 nitrogen and oxygen atoms in total. The lowest BCUT2D eigenvalue weighted by Gasteiger charge is -2.33. The lowest BCUT2D eigenvalue weighted by molar-refractivity contribution is -0.139. The Morgan fingerprint density at radius 1 is 0.929 bits per heavy atom. The van der Waals surface area contributed by atoms with E-state index in [0.29, 0.717) is 33.4 Å². The zero-order chi connectivity index (χ0) is 31.2. The molecule has 0 spiro atoms. The summed E-state index contributed by atoms with van der Waals surface area (Å²) in [5, 5.41) is 2.78. The third kappa shape index (κ3) is 7.96. The summed E-state index contributed by atoms with van der Waals surface area (Å²) >= 11 is 12.6. The van der Waals surface area contributed by atoms with Gasteiger partial charge in [0.1, 0.15) is 12.6 Å². The van der Waals surface area contributed by atoms with Crippen LogP contribution >= 0.6 is 23.2 Å². The van der Waals surface area contributed by atoms with E-state index in [1.165, 1.54) is 31.2 Å². The first kappa shape index (κ1) is 33.2. The van der Waals surface area contributed by atoms with Gasteiger partial charge >= 0.3 is 6.18 Å². The number of benzene rings is 3. The van der Waals surface area contributed by atoms with Crippen LogP contribution in [0.4, 0.5) is 18.9 Å². The van der Waals surface area contributed by atoms with Crippen LogP contribution in [0, 0.1) is 0 Å². The number of nitrogens with one attached hydrogen (secondary N) is 1. The number of alkyl halides is 3. The van der Waals surface area contributed by atoms with Crippen molar-refractivity contribution in [3.8, 4) is 0 Å². The second-order valence-corrected chi connectivity index (χ2v) is 12.3. The van der Waals surface area contributed by atoms with Gasteiger partial charge in [-0.25, -0.2) is 8.42 Å². The third-order valence-electron chi connectivity index (χ3n) is 6.62. The van der Waals surface area contributed by atoms with Gasteiger partial charge in [-0.1, -0.05) is 66.5 Å². The Labute approximate surface area is 253 Å². The Kier molecular flexibility index (Phi) is 10.9. The molecule has 0 unspecified atom stereocenters. The summed E-state index contributed by atoms with van der Waals surface area (Å²) in [5.41, 5.74) is -1.22. The number of carbonyl (C=O) groups excluding carboxylic acids is 2. The number of carbonyl (C=O) groups is 2. The molecule has 0 saturated heterocycles. The SMILES string of the molecule is CC[C@H](C)NC(=O)[C@@H](C)N(Cc1ccccc1Cl)C(=O)CN(c1cc(C(F)(F)F)ccc1Cl)S(=O)(=O)c1ccccc1. The molecule has 2 amide bonds. The van der Waals surface area contributed by atoms with Crippen molar-refractivity contribution < 1.29 is 31.2 Å². The van der Waals surface area contributed by atoms with Gasteiger partial charge in [0.2, 0.25) is 11.8 Å². The normalized spacial score (nSPS) is 13.2. The molecular formula is C29H30Cl2F3N3O4S. The number of rotatable bonds is 11. The minimum absolute atomic E-state index is 0.177. The van der Waals surface area contributed by atoms with Crippen LogP contribution in [-0.4, -0.2) is 43.8 Å². The molecule has 3 rings (SSSR count). The lowest BCUT2D eigenvalue weighted by Crippen LogP contribution is -2.52. The number of hydrogen-bond acceptors (Lipinski definition) is 4. The van der Waals surface area contributed by atoms with Crippen LogP contribution in [0.3, 0.4) is 0 Å². The predicted octanol–water partition coefficient (Wildman–Crippen LogP) is 6.54. The van der Waals surface area contributed by atoms with Gasteiger partial charge in [0.25, 0.3) is 10.0 Å². The van der Waals surface area contributed by atoms with Gasteiger partial charge in [-0.15, -0.1) is 0 Å². The maximum Gasteiger partial charge on any atom is 0.416 e. The Balaban J connectivity index is 2.13. The number of nitrogens with zero attached hydrogens (tertiary/aromatic N) is 2. The van der Waals surface area contributed by atoms with Crippen LogP contribution in [0.5, 0.6) is 0 Å². The van der Waals surface area contributed by atoms with Crippen LogP contribution < -0.4 is 9.62 Å². The maximum atomic E-state index is 13.9. The zero-order valence-electron chi connectivity index (χ0n) is 23.0. The monoisotopic (exact) mass is 643 g/mol. The van der Waals surface area contributed by atoms with Gasteiger partial charge in [0, 0.05) is 17.6 Å². The molecule has 42 heavy (non-hydrogen) atoms. The van der Waals surface area contributed by atoms with Crippen molar-refractivity contribution in [2.45, 2.75) is 56.9 Å². The summed E-state index contributed by atoms with van der Waals surface area (Å²) in [6.07, 6.45) is -4.20. The van der Waals surface area contributed by atoms with Crippen LogP contribution in [0.2, 0.25) is 10.0 Å². The molecule has 3 aromatic rings. The smallest absolute Gasteiger partial charge is 0.352 e. The molecule has 0 aliphatic rings. The highest BCUT2D eigenvalue weighted by atomic mass is 35.5. The number of amides is 2. The Morgan fingerprint density at radius 2 is 1.55 bits per heavy atom. The predicted molar refractivity (Wildman–Crippen MR) is 157 cm³/mol. The number of hydrogen-bond donors (Lipinski definition) is 1. The molecule has 0 aromatic heterocycles. The van der Waals surface area contributed by atoms with Crippen molar-refractivity contribution in [1.29, 1.82) is 0 Å². The summed E-state index contributed by atoms with van der Waals surface area (Å²) in [4.78, 5) is 27.9. The van der Waals surface area contributed by atoms with Crippen LogP contribution in [0.1, 0.15) is 38.3 Å². The van der Waals surface area contributed by atoms with E-state index in [9.17, 15) is 31.2 Å².